The predicted octanol–water partition coefficient (Wildman–Crippen LogP) is 3.55. The quantitative estimate of drug-likeness (QED) is 0.801. The summed E-state index contributed by atoms with van der Waals surface area (Å²) < 4.78 is 27.1. The lowest BCUT2D eigenvalue weighted by molar-refractivity contribution is -0.117. The molecular formula is C19H18F2N2O3. The van der Waals surface area contributed by atoms with Gasteiger partial charge in [0.2, 0.25) is 11.8 Å². The molecule has 0 aliphatic carbocycles. The van der Waals surface area contributed by atoms with Crippen LogP contribution in [0.1, 0.15) is 30.6 Å². The predicted molar refractivity (Wildman–Crippen MR) is 94.1 cm³/mol. The Morgan fingerprint density at radius 2 is 1.62 bits per heavy atom. The third kappa shape index (κ3) is 4.72. The number of hydrogen-bond acceptors (Lipinski definition) is 3. The lowest BCUT2D eigenvalue weighted by atomic mass is 10.1. The number of carbonyl (C=O) groups is 3. The van der Waals surface area contributed by atoms with E-state index >= 15 is 0 Å². The molecule has 26 heavy (non-hydrogen) atoms. The molecule has 0 atom stereocenters. The molecule has 5 nitrogen and oxygen atoms in total. The normalized spacial score (nSPS) is 10.3. The summed E-state index contributed by atoms with van der Waals surface area (Å²) in [6.07, 6.45) is -0.169. The van der Waals surface area contributed by atoms with E-state index in [4.69, 9.17) is 0 Å². The van der Waals surface area contributed by atoms with Gasteiger partial charge in [-0.25, -0.2) is 8.78 Å². The average Bonchev–Trinajstić information content (AvgIpc) is 2.58. The number of anilines is 2. The third-order valence-electron chi connectivity index (χ3n) is 3.73. The second-order valence-corrected chi connectivity index (χ2v) is 5.67. The SMILES string of the molecule is CC(=O)c1cccc(N(CCC(=O)Nc2c(F)cccc2F)C(C)=O)c1. The van der Waals surface area contributed by atoms with Crippen LogP contribution < -0.4 is 10.2 Å². The van der Waals surface area contributed by atoms with E-state index in [1.807, 2.05) is 0 Å². The minimum Gasteiger partial charge on any atom is -0.321 e. The largest absolute Gasteiger partial charge is 0.321 e. The van der Waals surface area contributed by atoms with Crippen molar-refractivity contribution in [3.63, 3.8) is 0 Å². The van der Waals surface area contributed by atoms with Gasteiger partial charge in [-0.2, -0.15) is 0 Å². The Morgan fingerprint density at radius 3 is 2.19 bits per heavy atom. The van der Waals surface area contributed by atoms with Gasteiger partial charge in [0.15, 0.2) is 5.78 Å². The lowest BCUT2D eigenvalue weighted by Gasteiger charge is -2.21. The van der Waals surface area contributed by atoms with Crippen LogP contribution in [0.2, 0.25) is 0 Å². The van der Waals surface area contributed by atoms with Crippen molar-refractivity contribution in [1.82, 2.24) is 0 Å². The van der Waals surface area contributed by atoms with Gasteiger partial charge in [-0.05, 0) is 31.2 Å². The van der Waals surface area contributed by atoms with E-state index in [1.165, 1.54) is 24.8 Å². The number of amides is 2. The van der Waals surface area contributed by atoms with Crippen LogP contribution >= 0.6 is 0 Å². The van der Waals surface area contributed by atoms with E-state index in [9.17, 15) is 23.2 Å². The fourth-order valence-electron chi connectivity index (χ4n) is 2.39. The number of hydrogen-bond donors (Lipinski definition) is 1. The molecule has 7 heteroatoms. The Kier molecular flexibility index (Phi) is 6.16. The highest BCUT2D eigenvalue weighted by molar-refractivity contribution is 5.98. The topological polar surface area (TPSA) is 66.5 Å². The highest BCUT2D eigenvalue weighted by Crippen LogP contribution is 2.20. The van der Waals surface area contributed by atoms with Gasteiger partial charge in [0.1, 0.15) is 17.3 Å². The van der Waals surface area contributed by atoms with Crippen molar-refractivity contribution in [3.05, 3.63) is 59.7 Å². The Balaban J connectivity index is 2.09. The van der Waals surface area contributed by atoms with Gasteiger partial charge in [0.25, 0.3) is 0 Å². The van der Waals surface area contributed by atoms with Crippen molar-refractivity contribution in [2.75, 3.05) is 16.8 Å². The number of nitrogens with one attached hydrogen (secondary N) is 1. The van der Waals surface area contributed by atoms with E-state index < -0.39 is 23.2 Å². The molecule has 0 aliphatic heterocycles. The van der Waals surface area contributed by atoms with Gasteiger partial charge in [-0.15, -0.1) is 0 Å². The number of nitrogens with zero attached hydrogens (tertiary/aromatic N) is 1. The van der Waals surface area contributed by atoms with Gasteiger partial charge < -0.3 is 10.2 Å². The van der Waals surface area contributed by atoms with Crippen LogP contribution in [0.4, 0.5) is 20.2 Å². The number of carbonyl (C=O) groups excluding carboxylic acids is 3. The summed E-state index contributed by atoms with van der Waals surface area (Å²) in [5, 5.41) is 2.17. The van der Waals surface area contributed by atoms with E-state index in [-0.39, 0.29) is 24.7 Å². The molecule has 0 aliphatic rings. The zero-order valence-electron chi connectivity index (χ0n) is 14.4. The number of Topliss-reactive ketones (excluding diaryl/α,β-unsaturated/α-hetero) is 1. The molecule has 0 aromatic heterocycles. The van der Waals surface area contributed by atoms with Crippen LogP contribution in [0.25, 0.3) is 0 Å². The van der Waals surface area contributed by atoms with E-state index in [0.717, 1.165) is 12.1 Å². The second kappa shape index (κ2) is 8.33. The Labute approximate surface area is 149 Å². The van der Waals surface area contributed by atoms with Gasteiger partial charge >= 0.3 is 0 Å². The van der Waals surface area contributed by atoms with E-state index in [1.54, 1.807) is 24.3 Å². The summed E-state index contributed by atoms with van der Waals surface area (Å²) in [5.74, 6) is -2.87. The van der Waals surface area contributed by atoms with Crippen molar-refractivity contribution in [3.8, 4) is 0 Å². The number of ketones is 1. The first-order valence-electron chi connectivity index (χ1n) is 7.92. The average molecular weight is 360 g/mol. The molecule has 0 spiro atoms. The summed E-state index contributed by atoms with van der Waals surface area (Å²) in [4.78, 5) is 36.7. The van der Waals surface area contributed by atoms with E-state index in [0.29, 0.717) is 11.3 Å². The fourth-order valence-corrected chi connectivity index (χ4v) is 2.39. The molecule has 0 saturated heterocycles. The Hall–Kier alpha value is -3.09. The highest BCUT2D eigenvalue weighted by Gasteiger charge is 2.16. The molecule has 0 fully saturated rings. The lowest BCUT2D eigenvalue weighted by Crippen LogP contribution is -2.32. The molecule has 0 bridgehead atoms. The van der Waals surface area contributed by atoms with Crippen LogP contribution in [0, 0.1) is 11.6 Å². The summed E-state index contributed by atoms with van der Waals surface area (Å²) in [6, 6.07) is 9.72. The maximum atomic E-state index is 13.6. The summed E-state index contributed by atoms with van der Waals surface area (Å²) in [6.45, 7) is 2.74. The van der Waals surface area contributed by atoms with Crippen molar-refractivity contribution < 1.29 is 23.2 Å². The van der Waals surface area contributed by atoms with Gasteiger partial charge in [-0.1, -0.05) is 18.2 Å². The van der Waals surface area contributed by atoms with Crippen LogP contribution in [0.3, 0.4) is 0 Å². The van der Waals surface area contributed by atoms with Crippen LogP contribution in [-0.2, 0) is 9.59 Å². The molecule has 2 aromatic carbocycles. The molecule has 136 valence electrons. The summed E-state index contributed by atoms with van der Waals surface area (Å²) in [7, 11) is 0. The number of benzene rings is 2. The maximum Gasteiger partial charge on any atom is 0.226 e. The molecule has 2 amide bonds. The van der Waals surface area contributed by atoms with Crippen molar-refractivity contribution in [2.45, 2.75) is 20.3 Å². The fraction of sp³-hybridized carbons (Fsp3) is 0.211. The third-order valence-corrected chi connectivity index (χ3v) is 3.73. The zero-order valence-corrected chi connectivity index (χ0v) is 14.4. The van der Waals surface area contributed by atoms with Crippen molar-refractivity contribution in [2.24, 2.45) is 0 Å². The van der Waals surface area contributed by atoms with Gasteiger partial charge in [-0.3, -0.25) is 14.4 Å². The molecule has 0 radical (unpaired) electrons. The number of rotatable bonds is 6. The maximum absolute atomic E-state index is 13.6. The smallest absolute Gasteiger partial charge is 0.226 e. The number of para-hydroxylation sites is 1. The van der Waals surface area contributed by atoms with Crippen molar-refractivity contribution >= 4 is 29.0 Å². The Bertz CT molecular complexity index is 832. The summed E-state index contributed by atoms with van der Waals surface area (Å²) in [5.41, 5.74) is 0.382. The van der Waals surface area contributed by atoms with Crippen LogP contribution in [0.15, 0.2) is 42.5 Å². The van der Waals surface area contributed by atoms with Crippen LogP contribution in [0.5, 0.6) is 0 Å². The first-order chi connectivity index (χ1) is 12.3. The molecular weight excluding hydrogens is 342 g/mol. The summed E-state index contributed by atoms with van der Waals surface area (Å²) >= 11 is 0. The first kappa shape index (κ1) is 19.2. The van der Waals surface area contributed by atoms with Gasteiger partial charge in [0.05, 0.1) is 0 Å². The second-order valence-electron chi connectivity index (χ2n) is 5.67. The molecule has 0 unspecified atom stereocenters. The van der Waals surface area contributed by atoms with E-state index in [2.05, 4.69) is 5.32 Å². The molecule has 2 aromatic rings. The standard InChI is InChI=1S/C19H18F2N2O3/c1-12(24)14-5-3-6-15(11-14)23(13(2)25)10-9-18(26)22-19-16(20)7-4-8-17(19)21/h3-8,11H,9-10H2,1-2H3,(H,22,26). The zero-order chi connectivity index (χ0) is 19.3. The first-order valence-corrected chi connectivity index (χ1v) is 7.92. The van der Waals surface area contributed by atoms with Crippen molar-refractivity contribution in [1.29, 1.82) is 0 Å². The minimum absolute atomic E-state index is 0.00139. The number of halogens is 2. The minimum atomic E-state index is -0.879. The molecule has 0 heterocycles. The molecule has 0 saturated carbocycles. The van der Waals surface area contributed by atoms with Crippen LogP contribution in [-0.4, -0.2) is 24.1 Å². The molecule has 1 N–H and O–H groups in total. The monoisotopic (exact) mass is 360 g/mol. The Morgan fingerprint density at radius 1 is 1.00 bits per heavy atom. The highest BCUT2D eigenvalue weighted by atomic mass is 19.1. The molecule has 2 rings (SSSR count). The van der Waals surface area contributed by atoms with Gasteiger partial charge in [0, 0.05) is 31.1 Å².